The van der Waals surface area contributed by atoms with Crippen molar-refractivity contribution in [3.8, 4) is 11.5 Å². The lowest BCUT2D eigenvalue weighted by Crippen LogP contribution is -2.28. The number of phenols is 1. The van der Waals surface area contributed by atoms with Crippen molar-refractivity contribution < 1.29 is 15.1 Å². The number of aromatic hydroxyl groups is 1. The van der Waals surface area contributed by atoms with Crippen molar-refractivity contribution in [1.82, 2.24) is 10.9 Å². The van der Waals surface area contributed by atoms with Crippen LogP contribution in [0.15, 0.2) is 23.3 Å². The number of thiocarbonyl (C=S) groups is 1. The third kappa shape index (κ3) is 3.37. The van der Waals surface area contributed by atoms with E-state index in [9.17, 15) is 5.11 Å². The number of hydrogen-bond acceptors (Lipinski definition) is 5. The molecule has 0 saturated heterocycles. The summed E-state index contributed by atoms with van der Waals surface area (Å²) in [6.07, 6.45) is 1.46. The largest absolute Gasteiger partial charge is 0.504 e. The Hall–Kier alpha value is -1.86. The first-order valence-corrected chi connectivity index (χ1v) is 4.68. The van der Waals surface area contributed by atoms with Crippen molar-refractivity contribution in [3.63, 3.8) is 0 Å². The topological polar surface area (TPSA) is 86.1 Å². The van der Waals surface area contributed by atoms with Crippen molar-refractivity contribution in [3.05, 3.63) is 23.8 Å². The minimum Gasteiger partial charge on any atom is -0.504 e. The van der Waals surface area contributed by atoms with E-state index in [1.54, 1.807) is 17.6 Å². The summed E-state index contributed by atoms with van der Waals surface area (Å²) in [4.78, 5) is 0. The van der Waals surface area contributed by atoms with Crippen molar-refractivity contribution in [2.24, 2.45) is 5.10 Å². The number of ether oxygens (including phenoxy) is 1. The Balaban J connectivity index is 2.70. The van der Waals surface area contributed by atoms with Crippen molar-refractivity contribution in [2.45, 2.75) is 0 Å². The maximum atomic E-state index is 9.34. The Morgan fingerprint density at radius 3 is 2.94 bits per heavy atom. The number of hydroxylamine groups is 1. The van der Waals surface area contributed by atoms with Crippen LogP contribution < -0.4 is 15.6 Å². The van der Waals surface area contributed by atoms with Gasteiger partial charge in [0.25, 0.3) is 0 Å². The molecule has 0 aliphatic heterocycles. The van der Waals surface area contributed by atoms with Gasteiger partial charge in [-0.2, -0.15) is 5.10 Å². The van der Waals surface area contributed by atoms with E-state index in [0.717, 1.165) is 0 Å². The van der Waals surface area contributed by atoms with Crippen LogP contribution >= 0.6 is 12.2 Å². The van der Waals surface area contributed by atoms with E-state index in [1.807, 2.05) is 0 Å². The molecule has 0 unspecified atom stereocenters. The van der Waals surface area contributed by atoms with Crippen molar-refractivity contribution in [1.29, 1.82) is 0 Å². The maximum Gasteiger partial charge on any atom is 0.211 e. The minimum absolute atomic E-state index is 0.0120. The van der Waals surface area contributed by atoms with Gasteiger partial charge in [-0.05, 0) is 36.0 Å². The van der Waals surface area contributed by atoms with Gasteiger partial charge in [0.2, 0.25) is 5.11 Å². The fourth-order valence-corrected chi connectivity index (χ4v) is 1.02. The predicted molar refractivity (Wildman–Crippen MR) is 62.9 cm³/mol. The van der Waals surface area contributed by atoms with Gasteiger partial charge in [0.15, 0.2) is 11.5 Å². The van der Waals surface area contributed by atoms with E-state index in [4.69, 9.17) is 9.94 Å². The van der Waals surface area contributed by atoms with Crippen LogP contribution in [0.4, 0.5) is 0 Å². The molecule has 86 valence electrons. The first kappa shape index (κ1) is 12.2. The molecule has 0 amide bonds. The SMILES string of the molecule is COc1cc(/C=N/NC(=S)NO)ccc1O. The Bertz CT molecular complexity index is 409. The number of phenolic OH excluding ortho intramolecular Hbond substituents is 1. The van der Waals surface area contributed by atoms with Crippen LogP contribution in [0.25, 0.3) is 0 Å². The summed E-state index contributed by atoms with van der Waals surface area (Å²) in [5, 5.41) is 21.4. The fourth-order valence-electron chi connectivity index (χ4n) is 0.965. The van der Waals surface area contributed by atoms with E-state index < -0.39 is 0 Å². The third-order valence-corrected chi connectivity index (χ3v) is 1.87. The molecule has 0 radical (unpaired) electrons. The van der Waals surface area contributed by atoms with E-state index in [2.05, 4.69) is 22.7 Å². The van der Waals surface area contributed by atoms with Crippen LogP contribution in [-0.4, -0.2) is 28.8 Å². The molecule has 0 atom stereocenters. The molecule has 0 saturated carbocycles. The summed E-state index contributed by atoms with van der Waals surface area (Å²) in [5.74, 6) is 0.409. The highest BCUT2D eigenvalue weighted by Crippen LogP contribution is 2.25. The van der Waals surface area contributed by atoms with Gasteiger partial charge in [0.1, 0.15) is 0 Å². The lowest BCUT2D eigenvalue weighted by atomic mass is 10.2. The highest BCUT2D eigenvalue weighted by molar-refractivity contribution is 7.80. The van der Waals surface area contributed by atoms with Crippen molar-refractivity contribution >= 4 is 23.5 Å². The molecule has 16 heavy (non-hydrogen) atoms. The summed E-state index contributed by atoms with van der Waals surface area (Å²) in [6, 6.07) is 4.75. The Kier molecular flexibility index (Phi) is 4.49. The number of hydrogen-bond donors (Lipinski definition) is 4. The number of rotatable bonds is 3. The minimum atomic E-state index is -0.0120. The van der Waals surface area contributed by atoms with Gasteiger partial charge in [-0.3, -0.25) is 10.6 Å². The molecule has 0 aliphatic carbocycles. The predicted octanol–water partition coefficient (Wildman–Crippen LogP) is 0.588. The molecule has 1 rings (SSSR count). The smallest absolute Gasteiger partial charge is 0.211 e. The number of benzene rings is 1. The molecule has 0 spiro atoms. The number of hydrazone groups is 1. The summed E-state index contributed by atoms with van der Waals surface area (Å²) in [7, 11) is 1.46. The Morgan fingerprint density at radius 1 is 1.56 bits per heavy atom. The van der Waals surface area contributed by atoms with Crippen LogP contribution in [0.5, 0.6) is 11.5 Å². The molecular weight excluding hydrogens is 230 g/mol. The molecule has 1 aromatic carbocycles. The molecule has 0 aliphatic rings. The van der Waals surface area contributed by atoms with Gasteiger partial charge in [0.05, 0.1) is 13.3 Å². The second-order valence-electron chi connectivity index (χ2n) is 2.74. The van der Waals surface area contributed by atoms with Gasteiger partial charge in [0, 0.05) is 0 Å². The molecule has 0 bridgehead atoms. The first-order valence-electron chi connectivity index (χ1n) is 4.27. The molecule has 0 fully saturated rings. The second kappa shape index (κ2) is 5.89. The average molecular weight is 241 g/mol. The van der Waals surface area contributed by atoms with E-state index in [1.165, 1.54) is 19.4 Å². The quantitative estimate of drug-likeness (QED) is 0.352. The monoisotopic (exact) mass is 241 g/mol. The van der Waals surface area contributed by atoms with Crippen LogP contribution in [0.1, 0.15) is 5.56 Å². The second-order valence-corrected chi connectivity index (χ2v) is 3.15. The van der Waals surface area contributed by atoms with Crippen molar-refractivity contribution in [2.75, 3.05) is 7.11 Å². The molecule has 4 N–H and O–H groups in total. The average Bonchev–Trinajstić information content (AvgIpc) is 2.31. The van der Waals surface area contributed by atoms with E-state index in [0.29, 0.717) is 11.3 Å². The molecule has 6 nitrogen and oxygen atoms in total. The number of nitrogens with one attached hydrogen (secondary N) is 2. The lowest BCUT2D eigenvalue weighted by Gasteiger charge is -2.03. The lowest BCUT2D eigenvalue weighted by molar-refractivity contribution is 0.233. The standard InChI is InChI=1S/C9H11N3O3S/c1-15-8-4-6(2-3-7(8)13)5-10-11-9(16)12-14/h2-5,13-14H,1H3,(H2,11,12,16)/b10-5+. The zero-order chi connectivity index (χ0) is 12.0. The fraction of sp³-hybridized carbons (Fsp3) is 0.111. The van der Waals surface area contributed by atoms with Crippen LogP contribution in [0.2, 0.25) is 0 Å². The first-order chi connectivity index (χ1) is 7.67. The summed E-state index contributed by atoms with van der Waals surface area (Å²) < 4.78 is 4.92. The summed E-state index contributed by atoms with van der Waals surface area (Å²) in [5.41, 5.74) is 4.81. The Morgan fingerprint density at radius 2 is 2.31 bits per heavy atom. The molecule has 0 heterocycles. The summed E-state index contributed by atoms with van der Waals surface area (Å²) in [6.45, 7) is 0. The molecule has 7 heteroatoms. The van der Waals surface area contributed by atoms with Crippen LogP contribution in [-0.2, 0) is 0 Å². The normalized spacial score (nSPS) is 10.1. The molecule has 1 aromatic rings. The van der Waals surface area contributed by atoms with Gasteiger partial charge in [-0.25, -0.2) is 5.48 Å². The third-order valence-electron chi connectivity index (χ3n) is 1.69. The highest BCUT2D eigenvalue weighted by Gasteiger charge is 2.00. The Labute approximate surface area is 97.5 Å². The molecule has 0 aromatic heterocycles. The van der Waals surface area contributed by atoms with Crippen LogP contribution in [0.3, 0.4) is 0 Å². The van der Waals surface area contributed by atoms with E-state index in [-0.39, 0.29) is 10.9 Å². The highest BCUT2D eigenvalue weighted by atomic mass is 32.1. The van der Waals surface area contributed by atoms with Crippen LogP contribution in [0, 0.1) is 0 Å². The van der Waals surface area contributed by atoms with Gasteiger partial charge in [-0.1, -0.05) is 0 Å². The molecular formula is C9H11N3O3S. The number of methoxy groups -OCH3 is 1. The maximum absolute atomic E-state index is 9.34. The van der Waals surface area contributed by atoms with Gasteiger partial charge < -0.3 is 9.84 Å². The van der Waals surface area contributed by atoms with E-state index >= 15 is 0 Å². The number of nitrogens with zero attached hydrogens (tertiary/aromatic N) is 1. The summed E-state index contributed by atoms with van der Waals surface area (Å²) >= 11 is 4.59. The zero-order valence-electron chi connectivity index (χ0n) is 8.47. The van der Waals surface area contributed by atoms with Gasteiger partial charge in [-0.15, -0.1) is 0 Å². The van der Waals surface area contributed by atoms with Gasteiger partial charge >= 0.3 is 0 Å². The zero-order valence-corrected chi connectivity index (χ0v) is 9.28.